The summed E-state index contributed by atoms with van der Waals surface area (Å²) < 4.78 is 32.4. The minimum atomic E-state index is -3.63. The first kappa shape index (κ1) is 20.2. The van der Waals surface area contributed by atoms with E-state index in [1.165, 1.54) is 35.9 Å². The Morgan fingerprint density at radius 2 is 2.00 bits per heavy atom. The molecular formula is C18H23N5O4S. The number of hydrogen-bond acceptors (Lipinski definition) is 7. The van der Waals surface area contributed by atoms with E-state index >= 15 is 0 Å². The first-order valence-corrected chi connectivity index (χ1v) is 10.3. The summed E-state index contributed by atoms with van der Waals surface area (Å²) >= 11 is 0. The number of hydrogen-bond donors (Lipinski definition) is 1. The van der Waals surface area contributed by atoms with Crippen LogP contribution >= 0.6 is 0 Å². The van der Waals surface area contributed by atoms with Crippen LogP contribution in [-0.4, -0.2) is 73.8 Å². The van der Waals surface area contributed by atoms with Crippen molar-refractivity contribution < 1.29 is 17.9 Å². The molecule has 0 spiro atoms. The Kier molecular flexibility index (Phi) is 6.22. The van der Waals surface area contributed by atoms with E-state index in [4.69, 9.17) is 4.74 Å². The maximum Gasteiger partial charge on any atom is 0.276 e. The van der Waals surface area contributed by atoms with E-state index in [2.05, 4.69) is 20.2 Å². The molecule has 1 saturated heterocycles. The standard InChI is InChI=1S/C18H23N5O4S/c1-22-7-4-8-23(10-9-22)28(25,26)15-6-3-5-14(11-15)20-18(24)16-12-19-13-17(21-16)27-2/h3,5-6,11-13H,4,7-10H2,1-2H3,(H,20,24). The summed E-state index contributed by atoms with van der Waals surface area (Å²) in [5.74, 6) is -0.285. The highest BCUT2D eigenvalue weighted by molar-refractivity contribution is 7.89. The lowest BCUT2D eigenvalue weighted by molar-refractivity contribution is 0.102. The molecule has 0 saturated carbocycles. The smallest absolute Gasteiger partial charge is 0.276 e. The molecule has 1 amide bonds. The summed E-state index contributed by atoms with van der Waals surface area (Å²) in [7, 11) is -0.224. The minimum absolute atomic E-state index is 0.0724. The second-order valence-electron chi connectivity index (χ2n) is 6.49. The van der Waals surface area contributed by atoms with Gasteiger partial charge in [-0.05, 0) is 38.2 Å². The molecule has 0 bridgehead atoms. The van der Waals surface area contributed by atoms with Gasteiger partial charge in [0.2, 0.25) is 15.9 Å². The molecule has 0 unspecified atom stereocenters. The van der Waals surface area contributed by atoms with Crippen molar-refractivity contribution in [1.29, 1.82) is 0 Å². The first-order chi connectivity index (χ1) is 13.4. The quantitative estimate of drug-likeness (QED) is 0.793. The highest BCUT2D eigenvalue weighted by Gasteiger charge is 2.26. The molecule has 2 aromatic rings. The van der Waals surface area contributed by atoms with Gasteiger partial charge in [0.25, 0.3) is 5.91 Å². The summed E-state index contributed by atoms with van der Waals surface area (Å²) in [6.07, 6.45) is 3.48. The largest absolute Gasteiger partial charge is 0.480 e. The van der Waals surface area contributed by atoms with Crippen molar-refractivity contribution in [2.45, 2.75) is 11.3 Å². The number of methoxy groups -OCH3 is 1. The lowest BCUT2D eigenvalue weighted by Gasteiger charge is -2.20. The van der Waals surface area contributed by atoms with Crippen LogP contribution in [0.25, 0.3) is 0 Å². The van der Waals surface area contributed by atoms with Gasteiger partial charge in [0, 0.05) is 25.3 Å². The molecule has 1 aliphatic rings. The molecule has 0 aliphatic carbocycles. The van der Waals surface area contributed by atoms with Crippen molar-refractivity contribution in [3.63, 3.8) is 0 Å². The van der Waals surface area contributed by atoms with Gasteiger partial charge in [-0.15, -0.1) is 0 Å². The second kappa shape index (κ2) is 8.63. The normalized spacial score (nSPS) is 16.4. The molecule has 1 aromatic heterocycles. The zero-order valence-electron chi connectivity index (χ0n) is 15.8. The summed E-state index contributed by atoms with van der Waals surface area (Å²) in [6.45, 7) is 2.46. The van der Waals surface area contributed by atoms with E-state index in [9.17, 15) is 13.2 Å². The van der Waals surface area contributed by atoms with E-state index in [0.29, 0.717) is 25.3 Å². The molecule has 2 heterocycles. The summed E-state index contributed by atoms with van der Waals surface area (Å²) in [5.41, 5.74) is 0.436. The zero-order chi connectivity index (χ0) is 20.1. The monoisotopic (exact) mass is 405 g/mol. The molecular weight excluding hydrogens is 382 g/mol. The van der Waals surface area contributed by atoms with Crippen LogP contribution in [0.15, 0.2) is 41.6 Å². The fraction of sp³-hybridized carbons (Fsp3) is 0.389. The number of nitrogens with one attached hydrogen (secondary N) is 1. The summed E-state index contributed by atoms with van der Waals surface area (Å²) in [5, 5.41) is 2.66. The third kappa shape index (κ3) is 4.64. The number of benzene rings is 1. The van der Waals surface area contributed by atoms with E-state index in [1.54, 1.807) is 12.1 Å². The van der Waals surface area contributed by atoms with Crippen molar-refractivity contribution in [3.8, 4) is 5.88 Å². The number of rotatable bonds is 5. The van der Waals surface area contributed by atoms with Gasteiger partial charge in [-0.25, -0.2) is 13.4 Å². The molecule has 150 valence electrons. The number of nitrogens with zero attached hydrogens (tertiary/aromatic N) is 4. The Morgan fingerprint density at radius 1 is 1.18 bits per heavy atom. The number of sulfonamides is 1. The maximum absolute atomic E-state index is 13.0. The number of carbonyl (C=O) groups excluding carboxylic acids is 1. The highest BCUT2D eigenvalue weighted by atomic mass is 32.2. The molecule has 1 fully saturated rings. The molecule has 3 rings (SSSR count). The van der Waals surface area contributed by atoms with Crippen LogP contribution in [0.3, 0.4) is 0 Å². The predicted molar refractivity (Wildman–Crippen MR) is 104 cm³/mol. The fourth-order valence-corrected chi connectivity index (χ4v) is 4.41. The molecule has 0 radical (unpaired) electrons. The number of amides is 1. The molecule has 9 nitrogen and oxygen atoms in total. The van der Waals surface area contributed by atoms with Gasteiger partial charge in [-0.3, -0.25) is 9.78 Å². The van der Waals surface area contributed by atoms with E-state index in [1.807, 2.05) is 7.05 Å². The molecule has 1 aliphatic heterocycles. The molecule has 28 heavy (non-hydrogen) atoms. The van der Waals surface area contributed by atoms with Crippen LogP contribution in [-0.2, 0) is 10.0 Å². The Hall–Kier alpha value is -2.56. The molecule has 1 aromatic carbocycles. The Morgan fingerprint density at radius 3 is 2.79 bits per heavy atom. The molecule has 10 heteroatoms. The van der Waals surface area contributed by atoms with Gasteiger partial charge in [0.05, 0.1) is 24.4 Å². The third-order valence-electron chi connectivity index (χ3n) is 4.46. The van der Waals surface area contributed by atoms with Gasteiger partial charge in [0.15, 0.2) is 5.69 Å². The van der Waals surface area contributed by atoms with Crippen molar-refractivity contribution in [3.05, 3.63) is 42.4 Å². The maximum atomic E-state index is 13.0. The van der Waals surface area contributed by atoms with Crippen LogP contribution in [0.2, 0.25) is 0 Å². The number of anilines is 1. The van der Waals surface area contributed by atoms with Crippen LogP contribution < -0.4 is 10.1 Å². The number of carbonyl (C=O) groups is 1. The lowest BCUT2D eigenvalue weighted by Crippen LogP contribution is -2.34. The minimum Gasteiger partial charge on any atom is -0.480 e. The van der Waals surface area contributed by atoms with Crippen LogP contribution in [0.4, 0.5) is 5.69 Å². The number of ether oxygens (including phenoxy) is 1. The Bertz CT molecular complexity index is 950. The summed E-state index contributed by atoms with van der Waals surface area (Å²) in [6, 6.07) is 6.21. The lowest BCUT2D eigenvalue weighted by atomic mass is 10.3. The zero-order valence-corrected chi connectivity index (χ0v) is 16.6. The van der Waals surface area contributed by atoms with Gasteiger partial charge in [-0.2, -0.15) is 4.31 Å². The van der Waals surface area contributed by atoms with Gasteiger partial charge >= 0.3 is 0 Å². The number of aromatic nitrogens is 2. The average Bonchev–Trinajstić information content (AvgIpc) is 2.93. The van der Waals surface area contributed by atoms with Crippen molar-refractivity contribution in [1.82, 2.24) is 19.2 Å². The number of likely N-dealkylation sites (N-methyl/N-ethyl adjacent to an activating group) is 1. The van der Waals surface area contributed by atoms with Crippen molar-refractivity contribution >= 4 is 21.6 Å². The highest BCUT2D eigenvalue weighted by Crippen LogP contribution is 2.21. The van der Waals surface area contributed by atoms with Crippen LogP contribution in [0.1, 0.15) is 16.9 Å². The van der Waals surface area contributed by atoms with Crippen molar-refractivity contribution in [2.24, 2.45) is 0 Å². The summed E-state index contributed by atoms with van der Waals surface area (Å²) in [4.78, 5) is 22.6. The average molecular weight is 405 g/mol. The SMILES string of the molecule is COc1cncc(C(=O)Nc2cccc(S(=O)(=O)N3CCCN(C)CC3)c2)n1. The van der Waals surface area contributed by atoms with E-state index in [0.717, 1.165) is 13.0 Å². The Labute approximate surface area is 164 Å². The van der Waals surface area contributed by atoms with Crippen LogP contribution in [0, 0.1) is 0 Å². The van der Waals surface area contributed by atoms with E-state index < -0.39 is 15.9 Å². The third-order valence-corrected chi connectivity index (χ3v) is 6.36. The predicted octanol–water partition coefficient (Wildman–Crippen LogP) is 1.06. The van der Waals surface area contributed by atoms with E-state index in [-0.39, 0.29) is 16.5 Å². The molecule has 0 atom stereocenters. The topological polar surface area (TPSA) is 105 Å². The van der Waals surface area contributed by atoms with Gasteiger partial charge in [0.1, 0.15) is 0 Å². The van der Waals surface area contributed by atoms with Crippen LogP contribution in [0.5, 0.6) is 5.88 Å². The second-order valence-corrected chi connectivity index (χ2v) is 8.43. The fourth-order valence-electron chi connectivity index (χ4n) is 2.90. The van der Waals surface area contributed by atoms with Gasteiger partial charge in [-0.1, -0.05) is 6.07 Å². The van der Waals surface area contributed by atoms with Gasteiger partial charge < -0.3 is 15.0 Å². The Balaban J connectivity index is 1.78. The molecule has 1 N–H and O–H groups in total. The van der Waals surface area contributed by atoms with Crippen molar-refractivity contribution in [2.75, 3.05) is 45.7 Å². The first-order valence-electron chi connectivity index (χ1n) is 8.86.